The molecule has 0 aliphatic carbocycles. The Morgan fingerprint density at radius 2 is 2.31 bits per heavy atom. The van der Waals surface area contributed by atoms with Gasteiger partial charge in [0.1, 0.15) is 11.8 Å². The summed E-state index contributed by atoms with van der Waals surface area (Å²) < 4.78 is 10.9. The van der Waals surface area contributed by atoms with Crippen molar-refractivity contribution in [1.29, 1.82) is 0 Å². The van der Waals surface area contributed by atoms with E-state index in [2.05, 4.69) is 21.2 Å². The highest BCUT2D eigenvalue weighted by molar-refractivity contribution is 9.10. The summed E-state index contributed by atoms with van der Waals surface area (Å²) in [6, 6.07) is 1.50. The fourth-order valence-corrected chi connectivity index (χ4v) is 1.71. The highest BCUT2D eigenvalue weighted by Gasteiger charge is 2.22. The third-order valence-electron chi connectivity index (χ3n) is 2.30. The molecule has 0 aliphatic heterocycles. The van der Waals surface area contributed by atoms with Crippen LogP contribution in [-0.4, -0.2) is 19.1 Å². The van der Waals surface area contributed by atoms with Crippen LogP contribution in [0.25, 0.3) is 0 Å². The zero-order valence-electron chi connectivity index (χ0n) is 9.62. The molecule has 0 bridgehead atoms. The quantitative estimate of drug-likeness (QED) is 0.846. The summed E-state index contributed by atoms with van der Waals surface area (Å²) in [7, 11) is 1.39. The molecule has 0 saturated heterocycles. The summed E-state index contributed by atoms with van der Waals surface area (Å²) >= 11 is 3.36. The Kier molecular flexibility index (Phi) is 5.02. The highest BCUT2D eigenvalue weighted by atomic mass is 79.9. The van der Waals surface area contributed by atoms with Gasteiger partial charge in [0.25, 0.3) is 0 Å². The molecule has 1 rings (SSSR count). The minimum Gasteiger partial charge on any atom is -0.468 e. The summed E-state index contributed by atoms with van der Waals surface area (Å²) in [6.45, 7) is 4.42. The van der Waals surface area contributed by atoms with Gasteiger partial charge in [-0.3, -0.25) is 10.1 Å². The smallest absolute Gasteiger partial charge is 0.323 e. The van der Waals surface area contributed by atoms with Crippen LogP contribution in [0.5, 0.6) is 0 Å². The van der Waals surface area contributed by atoms with Gasteiger partial charge in [-0.25, -0.2) is 0 Å². The summed E-state index contributed by atoms with van der Waals surface area (Å²) in [6.07, 6.45) is 1.60. The Labute approximate surface area is 103 Å². The van der Waals surface area contributed by atoms with E-state index >= 15 is 0 Å². The van der Waals surface area contributed by atoms with E-state index in [1.54, 1.807) is 6.26 Å². The number of hydrogen-bond acceptors (Lipinski definition) is 4. The van der Waals surface area contributed by atoms with Gasteiger partial charge >= 0.3 is 5.97 Å². The molecule has 0 spiro atoms. The molecule has 0 fully saturated rings. The van der Waals surface area contributed by atoms with Crippen molar-refractivity contribution in [2.45, 2.75) is 26.4 Å². The average molecular weight is 290 g/mol. The van der Waals surface area contributed by atoms with Gasteiger partial charge in [-0.05, 0) is 27.9 Å². The molecule has 5 heteroatoms. The molecule has 4 nitrogen and oxygen atoms in total. The molecule has 0 unspecified atom stereocenters. The van der Waals surface area contributed by atoms with Gasteiger partial charge in [-0.15, -0.1) is 0 Å². The molecule has 1 N–H and O–H groups in total. The topological polar surface area (TPSA) is 51.5 Å². The van der Waals surface area contributed by atoms with E-state index in [-0.39, 0.29) is 17.9 Å². The van der Waals surface area contributed by atoms with Crippen molar-refractivity contribution in [3.05, 3.63) is 22.6 Å². The first-order chi connectivity index (χ1) is 7.56. The Morgan fingerprint density at radius 3 is 2.75 bits per heavy atom. The van der Waals surface area contributed by atoms with Crippen LogP contribution < -0.4 is 5.32 Å². The van der Waals surface area contributed by atoms with Gasteiger partial charge in [0, 0.05) is 0 Å². The van der Waals surface area contributed by atoms with Crippen molar-refractivity contribution in [2.24, 2.45) is 5.92 Å². The second-order valence-electron chi connectivity index (χ2n) is 3.82. The van der Waals surface area contributed by atoms with E-state index in [1.165, 1.54) is 7.11 Å². The lowest BCUT2D eigenvalue weighted by Crippen LogP contribution is -2.41. The first kappa shape index (κ1) is 13.3. The Balaban J connectivity index is 2.57. The maximum absolute atomic E-state index is 11.5. The normalized spacial score (nSPS) is 12.8. The maximum atomic E-state index is 11.5. The molecule has 0 radical (unpaired) electrons. The molecule has 1 heterocycles. The van der Waals surface area contributed by atoms with Crippen molar-refractivity contribution < 1.29 is 13.9 Å². The summed E-state index contributed by atoms with van der Waals surface area (Å²) in [5, 5.41) is 3.11. The molecule has 1 atom stereocenters. The highest BCUT2D eigenvalue weighted by Crippen LogP contribution is 2.17. The van der Waals surface area contributed by atoms with Gasteiger partial charge in [0.05, 0.1) is 24.4 Å². The first-order valence-corrected chi connectivity index (χ1v) is 5.88. The van der Waals surface area contributed by atoms with Gasteiger partial charge in [-0.2, -0.15) is 0 Å². The van der Waals surface area contributed by atoms with Crippen LogP contribution in [0.15, 0.2) is 21.2 Å². The number of ether oxygens (including phenoxy) is 1. The summed E-state index contributed by atoms with van der Waals surface area (Å²) in [4.78, 5) is 11.5. The van der Waals surface area contributed by atoms with Crippen LogP contribution in [0, 0.1) is 5.92 Å². The average Bonchev–Trinajstić information content (AvgIpc) is 2.64. The zero-order chi connectivity index (χ0) is 12.1. The first-order valence-electron chi connectivity index (χ1n) is 5.09. The third-order valence-corrected chi connectivity index (χ3v) is 3.00. The number of esters is 1. The standard InChI is InChI=1S/C11H16BrNO3/c1-7(2)10(11(14)15-3)13-6-9-8(12)4-5-16-9/h4-5,7,10,13H,6H2,1-3H3/t10-/m0/s1. The van der Waals surface area contributed by atoms with E-state index in [1.807, 2.05) is 19.9 Å². The van der Waals surface area contributed by atoms with Crippen molar-refractivity contribution >= 4 is 21.9 Å². The Bertz CT molecular complexity index is 349. The van der Waals surface area contributed by atoms with Crippen LogP contribution in [0.4, 0.5) is 0 Å². The number of carbonyl (C=O) groups is 1. The largest absolute Gasteiger partial charge is 0.468 e. The predicted molar refractivity (Wildman–Crippen MR) is 63.9 cm³/mol. The van der Waals surface area contributed by atoms with Gasteiger partial charge in [0.15, 0.2) is 0 Å². The fraction of sp³-hybridized carbons (Fsp3) is 0.545. The van der Waals surface area contributed by atoms with Crippen LogP contribution in [0.3, 0.4) is 0 Å². The number of halogens is 1. The number of furan rings is 1. The number of hydrogen-bond donors (Lipinski definition) is 1. The van der Waals surface area contributed by atoms with E-state index in [4.69, 9.17) is 9.15 Å². The number of rotatable bonds is 5. The second kappa shape index (κ2) is 6.06. The molecule has 16 heavy (non-hydrogen) atoms. The third kappa shape index (κ3) is 3.35. The van der Waals surface area contributed by atoms with Crippen molar-refractivity contribution in [2.75, 3.05) is 7.11 Å². The minimum atomic E-state index is -0.318. The van der Waals surface area contributed by atoms with Crippen LogP contribution in [0.1, 0.15) is 19.6 Å². The molecule has 90 valence electrons. The maximum Gasteiger partial charge on any atom is 0.323 e. The molecule has 0 aliphatic rings. The lowest BCUT2D eigenvalue weighted by molar-refractivity contribution is -0.144. The van der Waals surface area contributed by atoms with Crippen molar-refractivity contribution in [1.82, 2.24) is 5.32 Å². The van der Waals surface area contributed by atoms with E-state index in [0.29, 0.717) is 6.54 Å². The lowest BCUT2D eigenvalue weighted by atomic mass is 10.0. The molecule has 0 aromatic carbocycles. The molecule has 1 aromatic rings. The molecule has 0 amide bonds. The van der Waals surface area contributed by atoms with Gasteiger partial charge < -0.3 is 9.15 Å². The fourth-order valence-electron chi connectivity index (χ4n) is 1.37. The monoisotopic (exact) mass is 289 g/mol. The summed E-state index contributed by atoms with van der Waals surface area (Å²) in [5.74, 6) is 0.688. The predicted octanol–water partition coefficient (Wildman–Crippen LogP) is 2.33. The number of nitrogens with one attached hydrogen (secondary N) is 1. The zero-order valence-corrected chi connectivity index (χ0v) is 11.2. The Morgan fingerprint density at radius 1 is 1.62 bits per heavy atom. The molecule has 0 saturated carbocycles. The minimum absolute atomic E-state index is 0.168. The molecular weight excluding hydrogens is 274 g/mol. The SMILES string of the molecule is COC(=O)[C@@H](NCc1occc1Br)C(C)C. The van der Waals surface area contributed by atoms with Gasteiger partial charge in [0.2, 0.25) is 0 Å². The second-order valence-corrected chi connectivity index (χ2v) is 4.67. The molecule has 1 aromatic heterocycles. The molecular formula is C11H16BrNO3. The number of methoxy groups -OCH3 is 1. The van der Waals surface area contributed by atoms with E-state index in [9.17, 15) is 4.79 Å². The lowest BCUT2D eigenvalue weighted by Gasteiger charge is -2.19. The Hall–Kier alpha value is -0.810. The van der Waals surface area contributed by atoms with Crippen LogP contribution in [-0.2, 0) is 16.1 Å². The van der Waals surface area contributed by atoms with Crippen LogP contribution >= 0.6 is 15.9 Å². The van der Waals surface area contributed by atoms with Gasteiger partial charge in [-0.1, -0.05) is 13.8 Å². The summed E-state index contributed by atoms with van der Waals surface area (Å²) in [5.41, 5.74) is 0. The number of carbonyl (C=O) groups excluding carboxylic acids is 1. The van der Waals surface area contributed by atoms with Crippen LogP contribution in [0.2, 0.25) is 0 Å². The van der Waals surface area contributed by atoms with E-state index < -0.39 is 0 Å². The van der Waals surface area contributed by atoms with Crippen molar-refractivity contribution in [3.8, 4) is 0 Å². The van der Waals surface area contributed by atoms with E-state index in [0.717, 1.165) is 10.2 Å². The van der Waals surface area contributed by atoms with Crippen molar-refractivity contribution in [3.63, 3.8) is 0 Å².